The molecule has 0 aliphatic rings. The predicted molar refractivity (Wildman–Crippen MR) is 77.8 cm³/mol. The molecule has 3 rings (SSSR count). The maximum Gasteiger partial charge on any atom is 0.417 e. The summed E-state index contributed by atoms with van der Waals surface area (Å²) in [5.41, 5.74) is -1.50. The summed E-state index contributed by atoms with van der Waals surface area (Å²) < 4.78 is 70.0. The van der Waals surface area contributed by atoms with Gasteiger partial charge in [-0.3, -0.25) is 4.98 Å². The van der Waals surface area contributed by atoms with Crippen molar-refractivity contribution in [2.45, 2.75) is 6.18 Å². The molecule has 1 N–H and O–H groups in total. The van der Waals surface area contributed by atoms with Gasteiger partial charge in [0.15, 0.2) is 0 Å². The van der Waals surface area contributed by atoms with E-state index in [1.807, 2.05) is 0 Å². The summed E-state index contributed by atoms with van der Waals surface area (Å²) in [6, 6.07) is 3.33. The fourth-order valence-electron chi connectivity index (χ4n) is 2.44. The number of rotatable bonds is 2. The number of carbonyl (C=O) groups is 1. The highest BCUT2D eigenvalue weighted by Crippen LogP contribution is 2.34. The van der Waals surface area contributed by atoms with Crippen LogP contribution in [0.5, 0.6) is 0 Å². The largest absolute Gasteiger partial charge is 0.465 e. The zero-order chi connectivity index (χ0) is 18.4. The zero-order valence-corrected chi connectivity index (χ0v) is 12.5. The standard InChI is InChI=1S/C16H9F5N2O2/c1-25-15(24)12-9-4-8(17)5-10(18)13(9)23-14(12)11-3-2-7(6-22-11)16(19,20)21/h2-6,23H,1H3. The monoisotopic (exact) mass is 356 g/mol. The molecule has 0 radical (unpaired) electrons. The Labute approximate surface area is 137 Å². The third-order valence-corrected chi connectivity index (χ3v) is 3.56. The van der Waals surface area contributed by atoms with Crippen LogP contribution >= 0.6 is 0 Å². The van der Waals surface area contributed by atoms with Gasteiger partial charge in [0.05, 0.1) is 35.1 Å². The summed E-state index contributed by atoms with van der Waals surface area (Å²) in [4.78, 5) is 18.3. The Morgan fingerprint density at radius 2 is 1.92 bits per heavy atom. The molecule has 0 bridgehead atoms. The SMILES string of the molecule is COC(=O)c1c(-c2ccc(C(F)(F)F)cn2)[nH]c2c(F)cc(F)cc12. The topological polar surface area (TPSA) is 55.0 Å². The van der Waals surface area contributed by atoms with Gasteiger partial charge in [-0.2, -0.15) is 13.2 Å². The second-order valence-corrected chi connectivity index (χ2v) is 5.11. The highest BCUT2D eigenvalue weighted by atomic mass is 19.4. The average molecular weight is 356 g/mol. The number of methoxy groups -OCH3 is 1. The molecule has 3 aromatic rings. The number of aromatic nitrogens is 2. The van der Waals surface area contributed by atoms with Crippen LogP contribution in [-0.4, -0.2) is 23.0 Å². The number of benzene rings is 1. The van der Waals surface area contributed by atoms with Crippen molar-refractivity contribution in [3.05, 3.63) is 53.2 Å². The van der Waals surface area contributed by atoms with Crippen LogP contribution in [-0.2, 0) is 10.9 Å². The van der Waals surface area contributed by atoms with E-state index in [2.05, 4.69) is 14.7 Å². The molecule has 0 fully saturated rings. The van der Waals surface area contributed by atoms with Crippen LogP contribution in [0.25, 0.3) is 22.3 Å². The maximum absolute atomic E-state index is 14.0. The summed E-state index contributed by atoms with van der Waals surface area (Å²) in [7, 11) is 1.07. The zero-order valence-electron chi connectivity index (χ0n) is 12.5. The first-order chi connectivity index (χ1) is 11.7. The van der Waals surface area contributed by atoms with Gasteiger partial charge >= 0.3 is 12.1 Å². The summed E-state index contributed by atoms with van der Waals surface area (Å²) in [6.45, 7) is 0. The molecule has 0 saturated heterocycles. The van der Waals surface area contributed by atoms with Gasteiger partial charge in [-0.15, -0.1) is 0 Å². The molecule has 0 spiro atoms. The molecule has 0 aliphatic carbocycles. The number of nitrogens with one attached hydrogen (secondary N) is 1. The van der Waals surface area contributed by atoms with E-state index >= 15 is 0 Å². The van der Waals surface area contributed by atoms with Crippen molar-refractivity contribution in [3.8, 4) is 11.4 Å². The minimum Gasteiger partial charge on any atom is -0.465 e. The lowest BCUT2D eigenvalue weighted by molar-refractivity contribution is -0.137. The van der Waals surface area contributed by atoms with E-state index in [0.717, 1.165) is 25.3 Å². The second-order valence-electron chi connectivity index (χ2n) is 5.11. The van der Waals surface area contributed by atoms with Crippen LogP contribution in [0.4, 0.5) is 22.0 Å². The van der Waals surface area contributed by atoms with Gasteiger partial charge in [-0.1, -0.05) is 0 Å². The molecule has 0 unspecified atom stereocenters. The van der Waals surface area contributed by atoms with Gasteiger partial charge in [0.2, 0.25) is 0 Å². The highest BCUT2D eigenvalue weighted by Gasteiger charge is 2.31. The van der Waals surface area contributed by atoms with Crippen LogP contribution in [0.1, 0.15) is 15.9 Å². The lowest BCUT2D eigenvalue weighted by Crippen LogP contribution is -2.06. The van der Waals surface area contributed by atoms with Crippen LogP contribution in [0.2, 0.25) is 0 Å². The van der Waals surface area contributed by atoms with Crippen molar-refractivity contribution in [1.29, 1.82) is 0 Å². The Bertz CT molecular complexity index is 961. The first-order valence-electron chi connectivity index (χ1n) is 6.85. The van der Waals surface area contributed by atoms with Crippen molar-refractivity contribution in [1.82, 2.24) is 9.97 Å². The van der Waals surface area contributed by atoms with Gasteiger partial charge < -0.3 is 9.72 Å². The van der Waals surface area contributed by atoms with E-state index in [1.54, 1.807) is 0 Å². The van der Waals surface area contributed by atoms with E-state index in [4.69, 9.17) is 0 Å². The number of carbonyl (C=O) groups excluding carboxylic acids is 1. The predicted octanol–water partition coefficient (Wildman–Crippen LogP) is 4.31. The molecule has 0 amide bonds. The van der Waals surface area contributed by atoms with Gasteiger partial charge in [0.25, 0.3) is 0 Å². The summed E-state index contributed by atoms with van der Waals surface area (Å²) in [5.74, 6) is -2.78. The Hall–Kier alpha value is -2.97. The van der Waals surface area contributed by atoms with Crippen LogP contribution in [0.15, 0.2) is 30.5 Å². The highest BCUT2D eigenvalue weighted by molar-refractivity contribution is 6.10. The minimum absolute atomic E-state index is 0.0515. The number of hydrogen-bond donors (Lipinski definition) is 1. The molecule has 2 heterocycles. The number of H-pyrrole nitrogens is 1. The van der Waals surface area contributed by atoms with Gasteiger partial charge in [0, 0.05) is 17.6 Å². The van der Waals surface area contributed by atoms with Crippen LogP contribution in [0, 0.1) is 11.6 Å². The number of alkyl halides is 3. The lowest BCUT2D eigenvalue weighted by Gasteiger charge is -2.07. The number of aromatic amines is 1. The molecular weight excluding hydrogens is 347 g/mol. The molecule has 1 aromatic carbocycles. The average Bonchev–Trinajstić information content (AvgIpc) is 2.93. The summed E-state index contributed by atoms with van der Waals surface area (Å²) in [5, 5.41) is -0.0963. The first kappa shape index (κ1) is 16.9. The Morgan fingerprint density at radius 1 is 1.20 bits per heavy atom. The third-order valence-electron chi connectivity index (χ3n) is 3.56. The molecule has 0 saturated carbocycles. The Kier molecular flexibility index (Phi) is 3.94. The molecule has 0 aliphatic heterocycles. The van der Waals surface area contributed by atoms with E-state index < -0.39 is 29.3 Å². The number of esters is 1. The normalized spacial score (nSPS) is 11.8. The Balaban J connectivity index is 2.25. The number of halogens is 5. The fourth-order valence-corrected chi connectivity index (χ4v) is 2.44. The number of ether oxygens (including phenoxy) is 1. The van der Waals surface area contributed by atoms with Gasteiger partial charge in [0.1, 0.15) is 11.6 Å². The van der Waals surface area contributed by atoms with Crippen molar-refractivity contribution < 1.29 is 31.5 Å². The van der Waals surface area contributed by atoms with Crippen LogP contribution in [0.3, 0.4) is 0 Å². The second kappa shape index (κ2) is 5.83. The molecule has 0 atom stereocenters. The molecule has 130 valence electrons. The van der Waals surface area contributed by atoms with Gasteiger partial charge in [-0.05, 0) is 18.2 Å². The molecular formula is C16H9F5N2O2. The quantitative estimate of drug-likeness (QED) is 0.550. The first-order valence-corrected chi connectivity index (χ1v) is 6.85. The van der Waals surface area contributed by atoms with E-state index in [9.17, 15) is 26.7 Å². The van der Waals surface area contributed by atoms with Crippen molar-refractivity contribution >= 4 is 16.9 Å². The van der Waals surface area contributed by atoms with Gasteiger partial charge in [-0.25, -0.2) is 13.6 Å². The fraction of sp³-hybridized carbons (Fsp3) is 0.125. The smallest absolute Gasteiger partial charge is 0.417 e. The third kappa shape index (κ3) is 2.92. The number of nitrogens with zero attached hydrogens (tertiary/aromatic N) is 1. The van der Waals surface area contributed by atoms with E-state index in [1.165, 1.54) is 0 Å². The van der Waals surface area contributed by atoms with Crippen LogP contribution < -0.4 is 0 Å². The molecule has 4 nitrogen and oxygen atoms in total. The summed E-state index contributed by atoms with van der Waals surface area (Å²) >= 11 is 0. The van der Waals surface area contributed by atoms with Crippen molar-refractivity contribution in [2.75, 3.05) is 7.11 Å². The van der Waals surface area contributed by atoms with Crippen molar-refractivity contribution in [3.63, 3.8) is 0 Å². The van der Waals surface area contributed by atoms with Crippen molar-refractivity contribution in [2.24, 2.45) is 0 Å². The summed E-state index contributed by atoms with van der Waals surface area (Å²) in [6.07, 6.45) is -3.99. The van der Waals surface area contributed by atoms with E-state index in [0.29, 0.717) is 12.3 Å². The van der Waals surface area contributed by atoms with E-state index in [-0.39, 0.29) is 27.9 Å². The molecule has 2 aromatic heterocycles. The number of hydrogen-bond acceptors (Lipinski definition) is 3. The lowest BCUT2D eigenvalue weighted by atomic mass is 10.1. The minimum atomic E-state index is -4.58. The Morgan fingerprint density at radius 3 is 2.48 bits per heavy atom. The number of pyridine rings is 1. The molecule has 25 heavy (non-hydrogen) atoms. The maximum atomic E-state index is 14.0. The number of fused-ring (bicyclic) bond motifs is 1. The molecule has 9 heteroatoms.